The average Bonchev–Trinajstić information content (AvgIpc) is 3.10. The van der Waals surface area contributed by atoms with Crippen LogP contribution < -0.4 is 5.32 Å². The predicted octanol–water partition coefficient (Wildman–Crippen LogP) is 5.09. The lowest BCUT2D eigenvalue weighted by molar-refractivity contribution is -0.141. The van der Waals surface area contributed by atoms with E-state index in [0.29, 0.717) is 27.6 Å². The van der Waals surface area contributed by atoms with Crippen molar-refractivity contribution in [3.63, 3.8) is 0 Å². The number of halogens is 2. The van der Waals surface area contributed by atoms with Crippen LogP contribution in [-0.4, -0.2) is 52.1 Å². The number of hydrogen-bond acceptors (Lipinski definition) is 4. The molecule has 2 aromatic rings. The first-order chi connectivity index (χ1) is 17.2. The lowest BCUT2D eigenvalue weighted by Gasteiger charge is -2.31. The molecule has 0 aromatic heterocycles. The Hall–Kier alpha value is -2.90. The number of fused-ring (bicyclic) bond motifs is 1. The zero-order valence-corrected chi connectivity index (χ0v) is 22.2. The van der Waals surface area contributed by atoms with Crippen LogP contribution >= 0.6 is 23.2 Å². The van der Waals surface area contributed by atoms with Crippen molar-refractivity contribution in [2.24, 2.45) is 0 Å². The monoisotopic (exact) mass is 531 g/mol. The maximum absolute atomic E-state index is 13.4. The number of nitrogens with one attached hydrogen (secondary N) is 1. The summed E-state index contributed by atoms with van der Waals surface area (Å²) in [5, 5.41) is 3.74. The summed E-state index contributed by atoms with van der Waals surface area (Å²) in [4.78, 5) is 54.4. The van der Waals surface area contributed by atoms with Gasteiger partial charge in [0.2, 0.25) is 11.8 Å². The molecule has 0 aliphatic carbocycles. The van der Waals surface area contributed by atoms with Gasteiger partial charge in [0.1, 0.15) is 6.04 Å². The molecule has 1 N–H and O–H groups in total. The Balaban J connectivity index is 1.73. The molecule has 2 aromatic carbocycles. The van der Waals surface area contributed by atoms with Gasteiger partial charge in [-0.3, -0.25) is 24.1 Å². The van der Waals surface area contributed by atoms with Crippen LogP contribution in [0.1, 0.15) is 72.7 Å². The standard InChI is InChI=1S/C27H31Cl2N3O4/c1-4-17(3)30-25(34)23(5-2)32(16-18-12-13-21(28)22(29)15-18)24(33)11-8-14-31-26(35)19-9-6-7-10-20(19)27(31)36/h6-7,9-10,12-13,15,17,23H,4-5,8,11,14,16H2,1-3H3,(H,30,34)/t17-,23+/m0/s1. The minimum absolute atomic E-state index is 0.0256. The molecule has 7 nitrogen and oxygen atoms in total. The van der Waals surface area contributed by atoms with E-state index in [-0.39, 0.29) is 55.6 Å². The number of imide groups is 1. The van der Waals surface area contributed by atoms with Gasteiger partial charge in [-0.05, 0) is 56.0 Å². The molecule has 3 rings (SSSR count). The number of carbonyl (C=O) groups is 4. The number of amides is 4. The van der Waals surface area contributed by atoms with Gasteiger partial charge in [-0.1, -0.05) is 55.2 Å². The molecular formula is C27H31Cl2N3O4. The summed E-state index contributed by atoms with van der Waals surface area (Å²) in [6.07, 6.45) is 1.55. The van der Waals surface area contributed by atoms with Crippen LogP contribution in [0.25, 0.3) is 0 Å². The third-order valence-electron chi connectivity index (χ3n) is 6.37. The van der Waals surface area contributed by atoms with E-state index >= 15 is 0 Å². The smallest absolute Gasteiger partial charge is 0.261 e. The van der Waals surface area contributed by atoms with E-state index < -0.39 is 6.04 Å². The van der Waals surface area contributed by atoms with Crippen LogP contribution in [0.5, 0.6) is 0 Å². The largest absolute Gasteiger partial charge is 0.352 e. The van der Waals surface area contributed by atoms with Crippen LogP contribution in [-0.2, 0) is 16.1 Å². The third-order valence-corrected chi connectivity index (χ3v) is 7.11. The lowest BCUT2D eigenvalue weighted by Crippen LogP contribution is -2.50. The molecule has 9 heteroatoms. The summed E-state index contributed by atoms with van der Waals surface area (Å²) in [6, 6.07) is 11.1. The third kappa shape index (κ3) is 6.26. The van der Waals surface area contributed by atoms with Gasteiger partial charge < -0.3 is 10.2 Å². The highest BCUT2D eigenvalue weighted by Gasteiger charge is 2.35. The van der Waals surface area contributed by atoms with Gasteiger partial charge in [0, 0.05) is 25.6 Å². The summed E-state index contributed by atoms with van der Waals surface area (Å²) < 4.78 is 0. The molecule has 4 amide bonds. The first-order valence-corrected chi connectivity index (χ1v) is 12.9. The molecule has 1 aliphatic heterocycles. The van der Waals surface area contributed by atoms with E-state index in [9.17, 15) is 19.2 Å². The van der Waals surface area contributed by atoms with Crippen molar-refractivity contribution in [3.8, 4) is 0 Å². The summed E-state index contributed by atoms with van der Waals surface area (Å²) in [7, 11) is 0. The first-order valence-electron chi connectivity index (χ1n) is 12.2. The highest BCUT2D eigenvalue weighted by atomic mass is 35.5. The van der Waals surface area contributed by atoms with Crippen molar-refractivity contribution < 1.29 is 19.2 Å². The highest BCUT2D eigenvalue weighted by Crippen LogP contribution is 2.25. The van der Waals surface area contributed by atoms with Crippen LogP contribution in [0.3, 0.4) is 0 Å². The van der Waals surface area contributed by atoms with Crippen LogP contribution in [0.15, 0.2) is 42.5 Å². The normalized spacial score (nSPS) is 14.4. The molecule has 1 aliphatic rings. The van der Waals surface area contributed by atoms with Crippen molar-refractivity contribution in [1.29, 1.82) is 0 Å². The Morgan fingerprint density at radius 3 is 2.17 bits per heavy atom. The minimum Gasteiger partial charge on any atom is -0.352 e. The zero-order chi connectivity index (χ0) is 26.4. The Morgan fingerprint density at radius 2 is 1.61 bits per heavy atom. The lowest BCUT2D eigenvalue weighted by atomic mass is 10.1. The van der Waals surface area contributed by atoms with E-state index in [1.807, 2.05) is 20.8 Å². The van der Waals surface area contributed by atoms with Gasteiger partial charge in [-0.15, -0.1) is 0 Å². The molecule has 36 heavy (non-hydrogen) atoms. The quantitative estimate of drug-likeness (QED) is 0.409. The summed E-state index contributed by atoms with van der Waals surface area (Å²) in [5.41, 5.74) is 1.50. The van der Waals surface area contributed by atoms with Crippen molar-refractivity contribution in [2.45, 2.75) is 65.1 Å². The Bertz CT molecular complexity index is 1120. The molecule has 0 saturated heterocycles. The van der Waals surface area contributed by atoms with E-state index in [0.717, 1.165) is 12.0 Å². The fourth-order valence-corrected chi connectivity index (χ4v) is 4.49. The number of nitrogens with zero attached hydrogens (tertiary/aromatic N) is 2. The summed E-state index contributed by atoms with van der Waals surface area (Å²) in [6.45, 7) is 6.04. The molecule has 2 atom stereocenters. The fraction of sp³-hybridized carbons (Fsp3) is 0.407. The van der Waals surface area contributed by atoms with Gasteiger partial charge in [-0.25, -0.2) is 0 Å². The molecule has 0 saturated carbocycles. The second kappa shape index (κ2) is 12.4. The van der Waals surface area contributed by atoms with Gasteiger partial charge in [-0.2, -0.15) is 0 Å². The second-order valence-electron chi connectivity index (χ2n) is 8.92. The maximum atomic E-state index is 13.4. The Morgan fingerprint density at radius 1 is 0.972 bits per heavy atom. The number of hydrogen-bond donors (Lipinski definition) is 1. The molecule has 0 bridgehead atoms. The Labute approximate surface area is 221 Å². The molecule has 0 fully saturated rings. The van der Waals surface area contributed by atoms with Crippen molar-refractivity contribution in [3.05, 3.63) is 69.2 Å². The van der Waals surface area contributed by atoms with Crippen LogP contribution in [0, 0.1) is 0 Å². The van der Waals surface area contributed by atoms with Gasteiger partial charge in [0.25, 0.3) is 11.8 Å². The van der Waals surface area contributed by atoms with Crippen molar-refractivity contribution in [2.75, 3.05) is 6.54 Å². The topological polar surface area (TPSA) is 86.8 Å². The summed E-state index contributed by atoms with van der Waals surface area (Å²) in [5.74, 6) is -1.17. The average molecular weight is 532 g/mol. The van der Waals surface area contributed by atoms with E-state index in [4.69, 9.17) is 23.2 Å². The van der Waals surface area contributed by atoms with Crippen LogP contribution in [0.2, 0.25) is 10.0 Å². The van der Waals surface area contributed by atoms with E-state index in [2.05, 4.69) is 5.32 Å². The number of rotatable bonds is 11. The molecular weight excluding hydrogens is 501 g/mol. The van der Waals surface area contributed by atoms with Crippen molar-refractivity contribution in [1.82, 2.24) is 15.1 Å². The Kier molecular flexibility index (Phi) is 9.51. The molecule has 0 spiro atoms. The first kappa shape index (κ1) is 27.7. The molecule has 192 valence electrons. The zero-order valence-electron chi connectivity index (χ0n) is 20.7. The van der Waals surface area contributed by atoms with Gasteiger partial charge >= 0.3 is 0 Å². The van der Waals surface area contributed by atoms with Gasteiger partial charge in [0.15, 0.2) is 0 Å². The highest BCUT2D eigenvalue weighted by molar-refractivity contribution is 6.42. The number of carbonyl (C=O) groups excluding carboxylic acids is 4. The SMILES string of the molecule is CC[C@H](C(=O)N[C@@H](C)CC)N(Cc1ccc(Cl)c(Cl)c1)C(=O)CCCN1C(=O)c2ccccc2C1=O. The molecule has 1 heterocycles. The maximum Gasteiger partial charge on any atom is 0.261 e. The van der Waals surface area contributed by atoms with E-state index in [1.54, 1.807) is 47.4 Å². The minimum atomic E-state index is -0.680. The fourth-order valence-electron chi connectivity index (χ4n) is 4.17. The second-order valence-corrected chi connectivity index (χ2v) is 9.74. The molecule has 0 radical (unpaired) electrons. The number of benzene rings is 2. The predicted molar refractivity (Wildman–Crippen MR) is 140 cm³/mol. The molecule has 0 unspecified atom stereocenters. The van der Waals surface area contributed by atoms with Crippen LogP contribution in [0.4, 0.5) is 0 Å². The van der Waals surface area contributed by atoms with Gasteiger partial charge in [0.05, 0.1) is 21.2 Å². The summed E-state index contributed by atoms with van der Waals surface area (Å²) >= 11 is 12.2. The van der Waals surface area contributed by atoms with Crippen molar-refractivity contribution >= 4 is 46.8 Å². The van der Waals surface area contributed by atoms with E-state index in [1.165, 1.54) is 4.90 Å².